The number of amides is 1. The van der Waals surface area contributed by atoms with Gasteiger partial charge in [0.15, 0.2) is 0 Å². The number of nitrogens with one attached hydrogen (secondary N) is 1. The normalized spacial score (nSPS) is 12.5. The highest BCUT2D eigenvalue weighted by Gasteiger charge is 2.15. The third-order valence-corrected chi connectivity index (χ3v) is 3.47. The summed E-state index contributed by atoms with van der Waals surface area (Å²) in [6.45, 7) is 8.70. The molecule has 1 rings (SSSR count). The first-order valence-corrected chi connectivity index (χ1v) is 7.25. The second kappa shape index (κ2) is 7.60. The van der Waals surface area contributed by atoms with Gasteiger partial charge in [-0.25, -0.2) is 4.39 Å². The summed E-state index contributed by atoms with van der Waals surface area (Å²) >= 11 is 3.24. The number of halogens is 2. The minimum atomic E-state index is -0.504. The van der Waals surface area contributed by atoms with Crippen molar-refractivity contribution in [3.8, 4) is 0 Å². The van der Waals surface area contributed by atoms with Crippen molar-refractivity contribution in [2.75, 3.05) is 19.6 Å². The van der Waals surface area contributed by atoms with Crippen molar-refractivity contribution in [3.05, 3.63) is 34.1 Å². The van der Waals surface area contributed by atoms with Crippen molar-refractivity contribution in [2.45, 2.75) is 26.8 Å². The van der Waals surface area contributed by atoms with E-state index in [4.69, 9.17) is 0 Å². The summed E-state index contributed by atoms with van der Waals surface area (Å²) in [5, 5.41) is 2.82. The maximum Gasteiger partial charge on any atom is 0.254 e. The first-order chi connectivity index (χ1) is 8.97. The van der Waals surface area contributed by atoms with Gasteiger partial charge in [0.2, 0.25) is 0 Å². The Balaban J connectivity index is 2.66. The van der Waals surface area contributed by atoms with Gasteiger partial charge in [-0.15, -0.1) is 0 Å². The van der Waals surface area contributed by atoms with Crippen LogP contribution in [0.5, 0.6) is 0 Å². The Labute approximate surface area is 122 Å². The summed E-state index contributed by atoms with van der Waals surface area (Å²) in [5.74, 6) is -0.880. The molecule has 0 saturated heterocycles. The van der Waals surface area contributed by atoms with Crippen LogP contribution in [0.3, 0.4) is 0 Å². The van der Waals surface area contributed by atoms with E-state index in [1.54, 1.807) is 6.07 Å². The lowest BCUT2D eigenvalue weighted by molar-refractivity contribution is 0.0926. The first kappa shape index (κ1) is 16.1. The van der Waals surface area contributed by atoms with Gasteiger partial charge >= 0.3 is 0 Å². The lowest BCUT2D eigenvalue weighted by Gasteiger charge is -2.23. The molecule has 3 nitrogen and oxygen atoms in total. The average Bonchev–Trinajstić information content (AvgIpc) is 2.38. The van der Waals surface area contributed by atoms with E-state index in [0.29, 0.717) is 4.47 Å². The molecule has 1 aromatic rings. The molecule has 1 amide bonds. The van der Waals surface area contributed by atoms with E-state index in [1.807, 2.05) is 6.92 Å². The number of carbonyl (C=O) groups is 1. The molecule has 0 aromatic heterocycles. The molecule has 0 aliphatic heterocycles. The molecule has 5 heteroatoms. The third-order valence-electron chi connectivity index (χ3n) is 2.98. The van der Waals surface area contributed by atoms with E-state index in [9.17, 15) is 9.18 Å². The topological polar surface area (TPSA) is 32.3 Å². The summed E-state index contributed by atoms with van der Waals surface area (Å²) in [7, 11) is 0. The van der Waals surface area contributed by atoms with E-state index in [2.05, 4.69) is 40.0 Å². The third kappa shape index (κ3) is 4.91. The predicted molar refractivity (Wildman–Crippen MR) is 78.8 cm³/mol. The molecule has 1 unspecified atom stereocenters. The molecule has 0 radical (unpaired) electrons. The van der Waals surface area contributed by atoms with E-state index in [1.165, 1.54) is 12.1 Å². The summed E-state index contributed by atoms with van der Waals surface area (Å²) in [6, 6.07) is 4.33. The molecule has 0 spiro atoms. The van der Waals surface area contributed by atoms with Crippen LogP contribution in [0.15, 0.2) is 22.7 Å². The molecule has 19 heavy (non-hydrogen) atoms. The first-order valence-electron chi connectivity index (χ1n) is 6.46. The molecular formula is C14H20BrFN2O. The highest BCUT2D eigenvalue weighted by Crippen LogP contribution is 2.15. The summed E-state index contributed by atoms with van der Waals surface area (Å²) in [6.07, 6.45) is 0. The fraction of sp³-hybridized carbons (Fsp3) is 0.500. The van der Waals surface area contributed by atoms with Gasteiger partial charge in [0, 0.05) is 17.1 Å². The summed E-state index contributed by atoms with van der Waals surface area (Å²) in [4.78, 5) is 14.2. The average molecular weight is 331 g/mol. The lowest BCUT2D eigenvalue weighted by Crippen LogP contribution is -2.42. The Morgan fingerprint density at radius 2 is 2.05 bits per heavy atom. The van der Waals surface area contributed by atoms with Gasteiger partial charge in [-0.1, -0.05) is 29.8 Å². The quantitative estimate of drug-likeness (QED) is 0.869. The molecule has 106 valence electrons. The maximum atomic E-state index is 13.6. The molecule has 1 atom stereocenters. The Morgan fingerprint density at radius 3 is 2.63 bits per heavy atom. The van der Waals surface area contributed by atoms with Crippen molar-refractivity contribution in [3.63, 3.8) is 0 Å². The molecular weight excluding hydrogens is 311 g/mol. The van der Waals surface area contributed by atoms with Gasteiger partial charge in [-0.2, -0.15) is 0 Å². The minimum Gasteiger partial charge on any atom is -0.348 e. The smallest absolute Gasteiger partial charge is 0.254 e. The number of hydrogen-bond donors (Lipinski definition) is 1. The molecule has 0 bridgehead atoms. The molecule has 0 fully saturated rings. The van der Waals surface area contributed by atoms with Crippen molar-refractivity contribution >= 4 is 21.8 Å². The van der Waals surface area contributed by atoms with Crippen LogP contribution in [0.1, 0.15) is 31.1 Å². The molecule has 0 aliphatic carbocycles. The van der Waals surface area contributed by atoms with E-state index in [-0.39, 0.29) is 17.5 Å². The number of likely N-dealkylation sites (N-methyl/N-ethyl adjacent to an activating group) is 1. The Bertz CT molecular complexity index is 435. The molecule has 0 heterocycles. The maximum absolute atomic E-state index is 13.6. The predicted octanol–water partition coefficient (Wildman–Crippen LogP) is 3.05. The van der Waals surface area contributed by atoms with Crippen LogP contribution in [-0.4, -0.2) is 36.5 Å². The summed E-state index contributed by atoms with van der Waals surface area (Å²) in [5.41, 5.74) is 0.0702. The second-order valence-corrected chi connectivity index (χ2v) is 5.40. The molecule has 0 aliphatic rings. The Morgan fingerprint density at radius 1 is 1.42 bits per heavy atom. The van der Waals surface area contributed by atoms with Crippen LogP contribution in [0.25, 0.3) is 0 Å². The molecule has 0 saturated carbocycles. The second-order valence-electron chi connectivity index (χ2n) is 4.48. The number of carbonyl (C=O) groups excluding carboxylic acids is 1. The number of hydrogen-bond acceptors (Lipinski definition) is 2. The monoisotopic (exact) mass is 330 g/mol. The van der Waals surface area contributed by atoms with Crippen LogP contribution in [-0.2, 0) is 0 Å². The summed E-state index contributed by atoms with van der Waals surface area (Å²) < 4.78 is 14.3. The van der Waals surface area contributed by atoms with Gasteiger partial charge < -0.3 is 10.2 Å². The van der Waals surface area contributed by atoms with Gasteiger partial charge in [-0.05, 0) is 38.2 Å². The number of rotatable bonds is 6. The van der Waals surface area contributed by atoms with Crippen LogP contribution >= 0.6 is 15.9 Å². The van der Waals surface area contributed by atoms with Crippen molar-refractivity contribution in [2.24, 2.45) is 0 Å². The van der Waals surface area contributed by atoms with Gasteiger partial charge in [-0.3, -0.25) is 4.79 Å². The number of nitrogens with zero attached hydrogens (tertiary/aromatic N) is 1. The molecule has 1 aromatic carbocycles. The zero-order valence-corrected chi connectivity index (χ0v) is 13.1. The SMILES string of the molecule is CCN(CC)CC(C)NC(=O)c1cc(Br)ccc1F. The lowest BCUT2D eigenvalue weighted by atomic mass is 10.2. The van der Waals surface area contributed by atoms with E-state index >= 15 is 0 Å². The van der Waals surface area contributed by atoms with E-state index in [0.717, 1.165) is 19.6 Å². The Hall–Kier alpha value is -0.940. The van der Waals surface area contributed by atoms with Crippen molar-refractivity contribution < 1.29 is 9.18 Å². The highest BCUT2D eigenvalue weighted by molar-refractivity contribution is 9.10. The van der Waals surface area contributed by atoms with Gasteiger partial charge in [0.25, 0.3) is 5.91 Å². The minimum absolute atomic E-state index is 0.0224. The molecule has 1 N–H and O–H groups in total. The van der Waals surface area contributed by atoms with E-state index < -0.39 is 5.82 Å². The van der Waals surface area contributed by atoms with Crippen molar-refractivity contribution in [1.29, 1.82) is 0 Å². The zero-order valence-electron chi connectivity index (χ0n) is 11.5. The zero-order chi connectivity index (χ0) is 14.4. The van der Waals surface area contributed by atoms with Crippen LogP contribution in [0.2, 0.25) is 0 Å². The van der Waals surface area contributed by atoms with Crippen LogP contribution in [0.4, 0.5) is 4.39 Å². The fourth-order valence-electron chi connectivity index (χ4n) is 1.89. The largest absolute Gasteiger partial charge is 0.348 e. The van der Waals surface area contributed by atoms with Crippen molar-refractivity contribution in [1.82, 2.24) is 10.2 Å². The highest BCUT2D eigenvalue weighted by atomic mass is 79.9. The number of benzene rings is 1. The fourth-order valence-corrected chi connectivity index (χ4v) is 2.25. The van der Waals surface area contributed by atoms with Gasteiger partial charge in [0.1, 0.15) is 5.82 Å². The van der Waals surface area contributed by atoms with Crippen LogP contribution in [0, 0.1) is 5.82 Å². The van der Waals surface area contributed by atoms with Crippen LogP contribution < -0.4 is 5.32 Å². The Kier molecular flexibility index (Phi) is 6.45. The standard InChI is InChI=1S/C14H20BrFN2O/c1-4-18(5-2)9-10(3)17-14(19)12-8-11(15)6-7-13(12)16/h6-8,10H,4-5,9H2,1-3H3,(H,17,19). The van der Waals surface area contributed by atoms with Gasteiger partial charge in [0.05, 0.1) is 5.56 Å².